The van der Waals surface area contributed by atoms with E-state index in [1.807, 2.05) is 18.2 Å². The molecule has 4 heterocycles. The maximum Gasteiger partial charge on any atom is 0.146 e. The van der Waals surface area contributed by atoms with Gasteiger partial charge in [0.05, 0.1) is 27.8 Å². The second-order valence-corrected chi connectivity index (χ2v) is 11.9. The van der Waals surface area contributed by atoms with Crippen molar-refractivity contribution in [1.29, 1.82) is 0 Å². The predicted octanol–water partition coefficient (Wildman–Crippen LogP) is 10.9. The van der Waals surface area contributed by atoms with Gasteiger partial charge >= 0.3 is 0 Å². The van der Waals surface area contributed by atoms with Gasteiger partial charge in [0.15, 0.2) is 0 Å². The quantitative estimate of drug-likeness (QED) is 0.197. The van der Waals surface area contributed by atoms with Crippen LogP contribution in [0, 0.1) is 6.92 Å². The zero-order valence-corrected chi connectivity index (χ0v) is 25.9. The summed E-state index contributed by atoms with van der Waals surface area (Å²) in [5, 5.41) is 4.88. The molecule has 0 N–H and O–H groups in total. The third-order valence-corrected chi connectivity index (χ3v) is 9.17. The normalized spacial score (nSPS) is 11.5. The van der Waals surface area contributed by atoms with Gasteiger partial charge in [-0.1, -0.05) is 109 Å². The van der Waals surface area contributed by atoms with Gasteiger partial charge in [0.25, 0.3) is 0 Å². The van der Waals surface area contributed by atoms with E-state index in [0.717, 1.165) is 33.9 Å². The SMILES string of the molecule is Cc1c2c3ccccc3nc-2n(-c2ccccc2)c2ccccc12.c1ccc(-n2cc3c4ccccc4nc-3c3ccccc32)cc1. The first-order valence-electron chi connectivity index (χ1n) is 15.9. The number of aromatic nitrogens is 4. The first kappa shape index (κ1) is 27.1. The van der Waals surface area contributed by atoms with E-state index in [1.54, 1.807) is 0 Å². The molecule has 4 aliphatic heterocycles. The molecule has 6 aromatic carbocycles. The molecule has 4 aliphatic rings. The number of benzene rings is 6. The summed E-state index contributed by atoms with van der Waals surface area (Å²) in [7, 11) is 0. The number of fused-ring (bicyclic) bond motifs is 9. The van der Waals surface area contributed by atoms with Crippen molar-refractivity contribution in [2.24, 2.45) is 0 Å². The Labute approximate surface area is 272 Å². The van der Waals surface area contributed by atoms with Crippen molar-refractivity contribution in [2.75, 3.05) is 0 Å². The Morgan fingerprint density at radius 1 is 0.447 bits per heavy atom. The molecule has 0 radical (unpaired) electrons. The largest absolute Gasteiger partial charge is 0.316 e. The minimum atomic E-state index is 1.03. The molecule has 0 unspecified atom stereocenters. The zero-order valence-electron chi connectivity index (χ0n) is 25.9. The number of para-hydroxylation sites is 6. The fraction of sp³-hybridized carbons (Fsp3) is 0.0233. The highest BCUT2D eigenvalue weighted by Gasteiger charge is 2.22. The summed E-state index contributed by atoms with van der Waals surface area (Å²) >= 11 is 0. The van der Waals surface area contributed by atoms with Crippen LogP contribution in [-0.4, -0.2) is 19.1 Å². The van der Waals surface area contributed by atoms with Crippen molar-refractivity contribution in [3.8, 4) is 34.0 Å². The average Bonchev–Trinajstić information content (AvgIpc) is 3.72. The Kier molecular flexibility index (Phi) is 6.32. The van der Waals surface area contributed by atoms with E-state index >= 15 is 0 Å². The first-order chi connectivity index (χ1) is 23.3. The van der Waals surface area contributed by atoms with Gasteiger partial charge in [-0.05, 0) is 61.0 Å². The topological polar surface area (TPSA) is 35.6 Å². The molecule has 0 aromatic heterocycles. The third-order valence-electron chi connectivity index (χ3n) is 9.17. The number of aryl methyl sites for hydroxylation is 1. The molecule has 0 spiro atoms. The molecule has 0 fully saturated rings. The minimum Gasteiger partial charge on any atom is -0.316 e. The van der Waals surface area contributed by atoms with Crippen molar-refractivity contribution < 1.29 is 0 Å². The van der Waals surface area contributed by atoms with Gasteiger partial charge in [0, 0.05) is 50.2 Å². The number of rotatable bonds is 2. The van der Waals surface area contributed by atoms with Crippen LogP contribution in [0.4, 0.5) is 0 Å². The van der Waals surface area contributed by atoms with Crippen LogP contribution < -0.4 is 0 Å². The summed E-state index contributed by atoms with van der Waals surface area (Å²) in [6.45, 7) is 2.20. The van der Waals surface area contributed by atoms with E-state index in [9.17, 15) is 0 Å². The van der Waals surface area contributed by atoms with E-state index in [1.165, 1.54) is 49.3 Å². The third kappa shape index (κ3) is 4.38. The lowest BCUT2D eigenvalue weighted by Crippen LogP contribution is -2.04. The zero-order chi connectivity index (χ0) is 31.3. The van der Waals surface area contributed by atoms with Crippen LogP contribution in [-0.2, 0) is 0 Å². The molecule has 0 saturated heterocycles. The van der Waals surface area contributed by atoms with E-state index in [2.05, 4.69) is 162 Å². The molecule has 0 saturated carbocycles. The highest BCUT2D eigenvalue weighted by molar-refractivity contribution is 6.07. The maximum absolute atomic E-state index is 4.97. The van der Waals surface area contributed by atoms with Crippen LogP contribution >= 0.6 is 0 Å². The number of hydrogen-bond acceptors (Lipinski definition) is 2. The lowest BCUT2D eigenvalue weighted by atomic mass is 10.00. The first-order valence-corrected chi connectivity index (χ1v) is 15.9. The van der Waals surface area contributed by atoms with Crippen molar-refractivity contribution in [3.63, 3.8) is 0 Å². The Bertz CT molecular complexity index is 2630. The standard InChI is InChI=1S/C22H16N2.C21H14N2/c1-15-17-11-6-8-14-20(17)24(16-9-3-2-4-10-16)22-21(15)18-12-5-7-13-19(18)23-22;1-2-8-15(9-3-1)23-14-18-16-10-4-6-12-19(16)22-21(18)17-11-5-7-13-20(17)23/h2-14H,1H3;1-14H. The number of pyridine rings is 2. The van der Waals surface area contributed by atoms with Crippen LogP contribution in [0.15, 0.2) is 164 Å². The van der Waals surface area contributed by atoms with Gasteiger partial charge in [0.2, 0.25) is 0 Å². The van der Waals surface area contributed by atoms with Gasteiger partial charge in [0.1, 0.15) is 5.82 Å². The van der Waals surface area contributed by atoms with Gasteiger partial charge < -0.3 is 4.57 Å². The fourth-order valence-electron chi connectivity index (χ4n) is 7.01. The van der Waals surface area contributed by atoms with Crippen LogP contribution in [0.1, 0.15) is 5.56 Å². The van der Waals surface area contributed by atoms with Crippen LogP contribution in [0.2, 0.25) is 0 Å². The second kappa shape index (κ2) is 11.0. The lowest BCUT2D eigenvalue weighted by Gasteiger charge is -2.19. The van der Waals surface area contributed by atoms with Crippen molar-refractivity contribution >= 4 is 43.6 Å². The van der Waals surface area contributed by atoms with Gasteiger partial charge in [-0.15, -0.1) is 0 Å². The summed E-state index contributed by atoms with van der Waals surface area (Å²) in [6.07, 6.45) is 2.21. The summed E-state index contributed by atoms with van der Waals surface area (Å²) in [5.41, 5.74) is 11.6. The Hall–Kier alpha value is -6.26. The predicted molar refractivity (Wildman–Crippen MR) is 195 cm³/mol. The minimum absolute atomic E-state index is 1.03. The molecule has 222 valence electrons. The van der Waals surface area contributed by atoms with E-state index < -0.39 is 0 Å². The Balaban J connectivity index is 0.000000129. The summed E-state index contributed by atoms with van der Waals surface area (Å²) < 4.78 is 4.53. The fourth-order valence-corrected chi connectivity index (χ4v) is 7.01. The van der Waals surface area contributed by atoms with Crippen molar-refractivity contribution in [3.05, 3.63) is 169 Å². The van der Waals surface area contributed by atoms with Gasteiger partial charge in [-0.25, -0.2) is 9.97 Å². The smallest absolute Gasteiger partial charge is 0.146 e. The Morgan fingerprint density at radius 3 is 1.70 bits per heavy atom. The maximum atomic E-state index is 4.97. The average molecular weight is 603 g/mol. The molecule has 0 amide bonds. The van der Waals surface area contributed by atoms with Crippen LogP contribution in [0.25, 0.3) is 77.6 Å². The molecule has 47 heavy (non-hydrogen) atoms. The Morgan fingerprint density at radius 2 is 0.979 bits per heavy atom. The molecule has 4 nitrogen and oxygen atoms in total. The number of hydrogen-bond donors (Lipinski definition) is 0. The van der Waals surface area contributed by atoms with Crippen LogP contribution in [0.3, 0.4) is 0 Å². The molecule has 10 rings (SSSR count). The molecule has 4 heteroatoms. The highest BCUT2D eigenvalue weighted by Crippen LogP contribution is 2.40. The molecule has 0 atom stereocenters. The molecular weight excluding hydrogens is 573 g/mol. The van der Waals surface area contributed by atoms with Crippen molar-refractivity contribution in [1.82, 2.24) is 19.1 Å². The summed E-state index contributed by atoms with van der Waals surface area (Å²) in [6, 6.07) is 54.7. The summed E-state index contributed by atoms with van der Waals surface area (Å²) in [4.78, 5) is 9.83. The summed E-state index contributed by atoms with van der Waals surface area (Å²) in [5.74, 6) is 1.03. The molecule has 6 aromatic rings. The second-order valence-electron chi connectivity index (χ2n) is 11.9. The van der Waals surface area contributed by atoms with E-state index in [4.69, 9.17) is 9.97 Å². The molecule has 0 aliphatic carbocycles. The molecule has 0 bridgehead atoms. The number of nitrogens with zero attached hydrogens (tertiary/aromatic N) is 4. The van der Waals surface area contributed by atoms with Gasteiger partial charge in [-0.3, -0.25) is 4.57 Å². The van der Waals surface area contributed by atoms with E-state index in [0.29, 0.717) is 0 Å². The highest BCUT2D eigenvalue weighted by atomic mass is 15.1. The van der Waals surface area contributed by atoms with E-state index in [-0.39, 0.29) is 0 Å². The van der Waals surface area contributed by atoms with Gasteiger partial charge in [-0.2, -0.15) is 0 Å². The molecular formula is C43H30N4. The lowest BCUT2D eigenvalue weighted by molar-refractivity contribution is 1.07. The van der Waals surface area contributed by atoms with Crippen LogP contribution in [0.5, 0.6) is 0 Å². The monoisotopic (exact) mass is 602 g/mol. The van der Waals surface area contributed by atoms with Crippen molar-refractivity contribution in [2.45, 2.75) is 6.92 Å².